The molecule has 0 bridgehead atoms. The van der Waals surface area contributed by atoms with Crippen LogP contribution in [0.4, 0.5) is 0 Å². The normalized spacial score (nSPS) is 12.2. The molecule has 0 radical (unpaired) electrons. The number of furan rings is 1. The Bertz CT molecular complexity index is 1100. The summed E-state index contributed by atoms with van der Waals surface area (Å²) in [6, 6.07) is 16.1. The lowest BCUT2D eigenvalue weighted by atomic mass is 9.97. The van der Waals surface area contributed by atoms with Gasteiger partial charge in [-0.05, 0) is 67.8 Å². The summed E-state index contributed by atoms with van der Waals surface area (Å²) in [5.41, 5.74) is 3.83. The average molecular weight is 433 g/mol. The Balaban J connectivity index is 1.84. The second kappa shape index (κ2) is 10.5. The molecule has 1 atom stereocenters. The van der Waals surface area contributed by atoms with Crippen molar-refractivity contribution in [3.8, 4) is 5.75 Å². The Labute approximate surface area is 188 Å². The molecule has 3 rings (SSSR count). The van der Waals surface area contributed by atoms with E-state index < -0.39 is 11.8 Å². The number of methoxy groups -OCH3 is 1. The summed E-state index contributed by atoms with van der Waals surface area (Å²) >= 11 is 0. The molecule has 0 aliphatic rings. The van der Waals surface area contributed by atoms with E-state index in [0.29, 0.717) is 23.5 Å². The van der Waals surface area contributed by atoms with Gasteiger partial charge in [0.1, 0.15) is 17.2 Å². The van der Waals surface area contributed by atoms with Crippen LogP contribution in [0.25, 0.3) is 6.08 Å². The molecule has 6 nitrogen and oxygen atoms in total. The number of amides is 2. The standard InChI is InChI=1S/C26H28N2O4/c1-5-23(22-13-8-17(2)15-18(22)3)27-26(30)24(16-21-7-6-14-32-21)28-25(29)19-9-11-20(31-4)12-10-19/h6-16,23H,5H2,1-4H3,(H,27,30)(H,28,29)/b24-16-/t23-/m0/s1. The first-order valence-corrected chi connectivity index (χ1v) is 10.5. The summed E-state index contributed by atoms with van der Waals surface area (Å²) in [4.78, 5) is 26.0. The number of nitrogens with one attached hydrogen (secondary N) is 2. The van der Waals surface area contributed by atoms with Crippen molar-refractivity contribution < 1.29 is 18.7 Å². The lowest BCUT2D eigenvalue weighted by Crippen LogP contribution is -2.37. The zero-order valence-electron chi connectivity index (χ0n) is 18.8. The van der Waals surface area contributed by atoms with Crippen LogP contribution in [0.3, 0.4) is 0 Å². The monoisotopic (exact) mass is 432 g/mol. The maximum atomic E-state index is 13.2. The highest BCUT2D eigenvalue weighted by Crippen LogP contribution is 2.22. The lowest BCUT2D eigenvalue weighted by molar-refractivity contribution is -0.118. The molecule has 0 unspecified atom stereocenters. The highest BCUT2D eigenvalue weighted by Gasteiger charge is 2.20. The van der Waals surface area contributed by atoms with Gasteiger partial charge in [0.15, 0.2) is 0 Å². The third-order valence-corrected chi connectivity index (χ3v) is 5.19. The molecule has 2 amide bonds. The van der Waals surface area contributed by atoms with E-state index in [4.69, 9.17) is 9.15 Å². The van der Waals surface area contributed by atoms with E-state index in [0.717, 1.165) is 16.7 Å². The van der Waals surface area contributed by atoms with E-state index in [9.17, 15) is 9.59 Å². The number of hydrogen-bond acceptors (Lipinski definition) is 4. The van der Waals surface area contributed by atoms with Gasteiger partial charge < -0.3 is 19.8 Å². The van der Waals surface area contributed by atoms with E-state index in [1.54, 1.807) is 43.5 Å². The second-order valence-corrected chi connectivity index (χ2v) is 7.55. The highest BCUT2D eigenvalue weighted by atomic mass is 16.5. The number of carbonyl (C=O) groups is 2. The van der Waals surface area contributed by atoms with Crippen LogP contribution in [-0.4, -0.2) is 18.9 Å². The van der Waals surface area contributed by atoms with Crippen LogP contribution in [0.1, 0.15) is 52.2 Å². The Hall–Kier alpha value is -3.80. The maximum Gasteiger partial charge on any atom is 0.268 e. The topological polar surface area (TPSA) is 80.6 Å². The Morgan fingerprint density at radius 1 is 1.09 bits per heavy atom. The Morgan fingerprint density at radius 3 is 2.44 bits per heavy atom. The lowest BCUT2D eigenvalue weighted by Gasteiger charge is -2.21. The molecular formula is C26H28N2O4. The smallest absolute Gasteiger partial charge is 0.268 e. The van der Waals surface area contributed by atoms with Crippen molar-refractivity contribution in [3.05, 3.63) is 94.6 Å². The predicted octanol–water partition coefficient (Wildman–Crippen LogP) is 4.94. The summed E-state index contributed by atoms with van der Waals surface area (Å²) in [7, 11) is 1.56. The summed E-state index contributed by atoms with van der Waals surface area (Å²) in [6.07, 6.45) is 3.73. The van der Waals surface area contributed by atoms with Crippen LogP contribution in [0.2, 0.25) is 0 Å². The first-order valence-electron chi connectivity index (χ1n) is 10.5. The van der Waals surface area contributed by atoms with Crippen LogP contribution in [0.5, 0.6) is 5.75 Å². The molecule has 0 saturated heterocycles. The molecule has 0 spiro atoms. The van der Waals surface area contributed by atoms with Gasteiger partial charge in [-0.2, -0.15) is 0 Å². The summed E-state index contributed by atoms with van der Waals surface area (Å²) in [5, 5.41) is 5.77. The van der Waals surface area contributed by atoms with Gasteiger partial charge >= 0.3 is 0 Å². The van der Waals surface area contributed by atoms with Gasteiger partial charge in [0, 0.05) is 11.6 Å². The van der Waals surface area contributed by atoms with Gasteiger partial charge in [0.2, 0.25) is 0 Å². The zero-order valence-corrected chi connectivity index (χ0v) is 18.8. The highest BCUT2D eigenvalue weighted by molar-refractivity contribution is 6.05. The second-order valence-electron chi connectivity index (χ2n) is 7.55. The summed E-state index contributed by atoms with van der Waals surface area (Å²) in [6.45, 7) is 6.08. The molecule has 1 heterocycles. The largest absolute Gasteiger partial charge is 0.497 e. The van der Waals surface area contributed by atoms with Crippen LogP contribution >= 0.6 is 0 Å². The van der Waals surface area contributed by atoms with Crippen LogP contribution < -0.4 is 15.4 Å². The van der Waals surface area contributed by atoms with E-state index in [1.165, 1.54) is 12.3 Å². The minimum atomic E-state index is -0.403. The molecule has 2 aromatic carbocycles. The molecule has 0 fully saturated rings. The fourth-order valence-corrected chi connectivity index (χ4v) is 3.46. The molecule has 0 aliphatic heterocycles. The van der Waals surface area contributed by atoms with Crippen molar-refractivity contribution in [1.29, 1.82) is 0 Å². The number of rotatable bonds is 8. The van der Waals surface area contributed by atoms with E-state index >= 15 is 0 Å². The molecule has 3 aromatic rings. The Kier molecular flexibility index (Phi) is 7.49. The molecule has 2 N–H and O–H groups in total. The van der Waals surface area contributed by atoms with Gasteiger partial charge in [-0.1, -0.05) is 30.7 Å². The summed E-state index contributed by atoms with van der Waals surface area (Å²) in [5.74, 6) is 0.310. The number of aryl methyl sites for hydroxylation is 2. The van der Waals surface area contributed by atoms with Crippen molar-refractivity contribution in [2.45, 2.75) is 33.2 Å². The number of ether oxygens (including phenoxy) is 1. The van der Waals surface area contributed by atoms with Crippen LogP contribution in [0.15, 0.2) is 71.0 Å². The van der Waals surface area contributed by atoms with Crippen molar-refractivity contribution >= 4 is 17.9 Å². The quantitative estimate of drug-likeness (QED) is 0.494. The maximum absolute atomic E-state index is 13.2. The number of carbonyl (C=O) groups excluding carboxylic acids is 2. The van der Waals surface area contributed by atoms with E-state index in [-0.39, 0.29) is 11.7 Å². The average Bonchev–Trinajstić information content (AvgIpc) is 3.30. The van der Waals surface area contributed by atoms with Crippen LogP contribution in [-0.2, 0) is 4.79 Å². The fourth-order valence-electron chi connectivity index (χ4n) is 3.46. The Morgan fingerprint density at radius 2 is 1.84 bits per heavy atom. The van der Waals surface area contributed by atoms with Crippen molar-refractivity contribution in [3.63, 3.8) is 0 Å². The molecule has 0 aliphatic carbocycles. The van der Waals surface area contributed by atoms with Crippen molar-refractivity contribution in [2.24, 2.45) is 0 Å². The fraction of sp³-hybridized carbons (Fsp3) is 0.231. The van der Waals surface area contributed by atoms with Gasteiger partial charge in [0.25, 0.3) is 11.8 Å². The molecule has 1 aromatic heterocycles. The van der Waals surface area contributed by atoms with E-state index in [2.05, 4.69) is 16.7 Å². The molecular weight excluding hydrogens is 404 g/mol. The van der Waals surface area contributed by atoms with E-state index in [1.807, 2.05) is 32.9 Å². The van der Waals surface area contributed by atoms with Crippen LogP contribution in [0, 0.1) is 13.8 Å². The molecule has 0 saturated carbocycles. The molecule has 6 heteroatoms. The first kappa shape index (κ1) is 22.9. The third kappa shape index (κ3) is 5.66. The van der Waals surface area contributed by atoms with Gasteiger partial charge in [-0.3, -0.25) is 9.59 Å². The van der Waals surface area contributed by atoms with Gasteiger partial charge in [-0.25, -0.2) is 0 Å². The third-order valence-electron chi connectivity index (χ3n) is 5.19. The van der Waals surface area contributed by atoms with Crippen molar-refractivity contribution in [1.82, 2.24) is 10.6 Å². The van der Waals surface area contributed by atoms with Crippen molar-refractivity contribution in [2.75, 3.05) is 7.11 Å². The number of hydrogen-bond donors (Lipinski definition) is 2. The summed E-state index contributed by atoms with van der Waals surface area (Å²) < 4.78 is 10.5. The zero-order chi connectivity index (χ0) is 23.1. The molecule has 166 valence electrons. The first-order chi connectivity index (χ1) is 15.4. The predicted molar refractivity (Wildman–Crippen MR) is 124 cm³/mol. The minimum Gasteiger partial charge on any atom is -0.497 e. The molecule has 32 heavy (non-hydrogen) atoms. The SMILES string of the molecule is CC[C@H](NC(=O)/C(=C/c1ccco1)NC(=O)c1ccc(OC)cc1)c1ccc(C)cc1C. The van der Waals surface area contributed by atoms with Gasteiger partial charge in [-0.15, -0.1) is 0 Å². The number of benzene rings is 2. The van der Waals surface area contributed by atoms with Gasteiger partial charge in [0.05, 0.1) is 19.4 Å². The minimum absolute atomic E-state index is 0.101.